The number of sulfonamides is 1. The topological polar surface area (TPSA) is 78.4 Å². The van der Waals surface area contributed by atoms with Gasteiger partial charge in [0.2, 0.25) is 16.0 Å². The highest BCUT2D eigenvalue weighted by molar-refractivity contribution is 7.88. The van der Waals surface area contributed by atoms with E-state index in [-0.39, 0.29) is 0 Å². The third-order valence-corrected chi connectivity index (χ3v) is 4.70. The van der Waals surface area contributed by atoms with Crippen LogP contribution in [0.3, 0.4) is 0 Å². The highest BCUT2D eigenvalue weighted by Crippen LogP contribution is 2.12. The van der Waals surface area contributed by atoms with Gasteiger partial charge in [0, 0.05) is 56.7 Å². The molecule has 2 rings (SSSR count). The summed E-state index contributed by atoms with van der Waals surface area (Å²) >= 11 is 0. The molecule has 1 aliphatic heterocycles. The number of hydrogen-bond donors (Lipinski definition) is 1. The van der Waals surface area contributed by atoms with E-state index in [9.17, 15) is 8.42 Å². The summed E-state index contributed by atoms with van der Waals surface area (Å²) in [6, 6.07) is 0.425. The molecule has 2 heterocycles. The van der Waals surface area contributed by atoms with Crippen molar-refractivity contribution in [3.63, 3.8) is 0 Å². The maximum Gasteiger partial charge on any atom is 0.225 e. The summed E-state index contributed by atoms with van der Waals surface area (Å²) in [6.45, 7) is 7.15. The van der Waals surface area contributed by atoms with Crippen LogP contribution in [0.25, 0.3) is 0 Å². The molecule has 1 aromatic rings. The Balaban J connectivity index is 1.92. The van der Waals surface area contributed by atoms with Crippen molar-refractivity contribution in [3.8, 4) is 0 Å². The minimum Gasteiger partial charge on any atom is -0.338 e. The Morgan fingerprint density at radius 3 is 2.24 bits per heavy atom. The summed E-state index contributed by atoms with van der Waals surface area (Å²) in [4.78, 5) is 10.8. The number of rotatable bonds is 5. The van der Waals surface area contributed by atoms with Crippen LogP contribution in [0, 0.1) is 0 Å². The fourth-order valence-electron chi connectivity index (χ4n) is 2.14. The van der Waals surface area contributed by atoms with Gasteiger partial charge in [-0.25, -0.2) is 18.4 Å². The molecule has 1 saturated heterocycles. The lowest BCUT2D eigenvalue weighted by molar-refractivity contribution is 0.385. The molecule has 0 unspecified atom stereocenters. The molecule has 1 aliphatic rings. The molecule has 0 spiro atoms. The zero-order valence-electron chi connectivity index (χ0n) is 12.8. The van der Waals surface area contributed by atoms with Gasteiger partial charge in [-0.05, 0) is 0 Å². The second-order valence-electron chi connectivity index (χ2n) is 5.58. The van der Waals surface area contributed by atoms with Crippen molar-refractivity contribution in [2.45, 2.75) is 26.4 Å². The highest BCUT2D eigenvalue weighted by atomic mass is 32.2. The number of piperazine rings is 1. The molecule has 0 bridgehead atoms. The lowest BCUT2D eigenvalue weighted by Crippen LogP contribution is -2.48. The Morgan fingerprint density at radius 2 is 1.76 bits per heavy atom. The molecule has 0 aliphatic carbocycles. The van der Waals surface area contributed by atoms with E-state index < -0.39 is 10.0 Å². The number of hydrogen-bond acceptors (Lipinski definition) is 6. The molecule has 0 aromatic carbocycles. The normalized spacial score (nSPS) is 17.4. The fourth-order valence-corrected chi connectivity index (χ4v) is 2.97. The maximum absolute atomic E-state index is 11.5. The lowest BCUT2D eigenvalue weighted by atomic mass is 10.3. The van der Waals surface area contributed by atoms with Crippen molar-refractivity contribution in [1.82, 2.24) is 19.6 Å². The van der Waals surface area contributed by atoms with Crippen LogP contribution in [-0.4, -0.2) is 61.2 Å². The molecule has 0 atom stereocenters. The van der Waals surface area contributed by atoms with Gasteiger partial charge in [0.05, 0.1) is 6.26 Å². The van der Waals surface area contributed by atoms with Crippen LogP contribution in [0.4, 0.5) is 5.95 Å². The van der Waals surface area contributed by atoms with Gasteiger partial charge >= 0.3 is 0 Å². The van der Waals surface area contributed by atoms with Gasteiger partial charge in [-0.1, -0.05) is 13.8 Å². The van der Waals surface area contributed by atoms with Crippen LogP contribution < -0.4 is 10.2 Å². The average molecular weight is 313 g/mol. The third-order valence-electron chi connectivity index (χ3n) is 3.40. The van der Waals surface area contributed by atoms with Crippen LogP contribution in [0.2, 0.25) is 0 Å². The van der Waals surface area contributed by atoms with E-state index in [0.717, 1.165) is 12.1 Å². The van der Waals surface area contributed by atoms with E-state index in [1.165, 1.54) is 10.6 Å². The first-order valence-electron chi connectivity index (χ1n) is 7.10. The summed E-state index contributed by atoms with van der Waals surface area (Å²) in [7, 11) is -3.10. The molecule has 0 radical (unpaired) electrons. The SMILES string of the molecule is CC(C)NCc1cnc(N2CCN(S(C)(=O)=O)CC2)nc1. The predicted molar refractivity (Wildman–Crippen MR) is 82.6 cm³/mol. The molecule has 7 nitrogen and oxygen atoms in total. The zero-order valence-corrected chi connectivity index (χ0v) is 13.6. The number of nitrogens with one attached hydrogen (secondary N) is 1. The summed E-state index contributed by atoms with van der Waals surface area (Å²) in [6.07, 6.45) is 4.89. The number of anilines is 1. The molecule has 8 heteroatoms. The minimum absolute atomic E-state index is 0.425. The summed E-state index contributed by atoms with van der Waals surface area (Å²) in [5, 5.41) is 3.32. The standard InChI is InChI=1S/C13H23N5O2S/c1-11(2)14-8-12-9-15-13(16-10-12)17-4-6-18(7-5-17)21(3,19)20/h9-11,14H,4-8H2,1-3H3. The van der Waals surface area contributed by atoms with Gasteiger partial charge in [-0.3, -0.25) is 0 Å². The molecule has 1 fully saturated rings. The van der Waals surface area contributed by atoms with E-state index in [2.05, 4.69) is 29.1 Å². The number of nitrogens with zero attached hydrogens (tertiary/aromatic N) is 4. The first kappa shape index (κ1) is 16.1. The predicted octanol–water partition coefficient (Wildman–Crippen LogP) is 0.0562. The van der Waals surface area contributed by atoms with Crippen molar-refractivity contribution in [2.75, 3.05) is 37.3 Å². The molecule has 0 saturated carbocycles. The molecule has 118 valence electrons. The minimum atomic E-state index is -3.10. The third kappa shape index (κ3) is 4.62. The Bertz CT molecular complexity index is 550. The van der Waals surface area contributed by atoms with E-state index >= 15 is 0 Å². The quantitative estimate of drug-likeness (QED) is 0.828. The molecule has 0 amide bonds. The molecule has 1 aromatic heterocycles. The Morgan fingerprint density at radius 1 is 1.19 bits per heavy atom. The molecular weight excluding hydrogens is 290 g/mol. The van der Waals surface area contributed by atoms with Crippen molar-refractivity contribution in [2.24, 2.45) is 0 Å². The van der Waals surface area contributed by atoms with Crippen LogP contribution >= 0.6 is 0 Å². The first-order chi connectivity index (χ1) is 9.86. The Labute approximate surface area is 126 Å². The lowest BCUT2D eigenvalue weighted by Gasteiger charge is -2.33. The first-order valence-corrected chi connectivity index (χ1v) is 8.95. The van der Waals surface area contributed by atoms with Gasteiger partial charge < -0.3 is 10.2 Å². The van der Waals surface area contributed by atoms with Crippen molar-refractivity contribution >= 4 is 16.0 Å². The second-order valence-corrected chi connectivity index (χ2v) is 7.56. The van der Waals surface area contributed by atoms with Crippen LogP contribution in [-0.2, 0) is 16.6 Å². The Kier molecular flexibility index (Phi) is 5.13. The van der Waals surface area contributed by atoms with Crippen molar-refractivity contribution in [1.29, 1.82) is 0 Å². The van der Waals surface area contributed by atoms with Gasteiger partial charge in [0.25, 0.3) is 0 Å². The summed E-state index contributed by atoms with van der Waals surface area (Å²) < 4.78 is 24.4. The fraction of sp³-hybridized carbons (Fsp3) is 0.692. The molecule has 1 N–H and O–H groups in total. The van der Waals surface area contributed by atoms with E-state index in [1.807, 2.05) is 17.3 Å². The average Bonchev–Trinajstić information content (AvgIpc) is 2.45. The Hall–Kier alpha value is -1.25. The van der Waals surface area contributed by atoms with Gasteiger partial charge in [0.15, 0.2) is 0 Å². The monoisotopic (exact) mass is 313 g/mol. The molecular formula is C13H23N5O2S. The smallest absolute Gasteiger partial charge is 0.225 e. The van der Waals surface area contributed by atoms with Crippen molar-refractivity contribution < 1.29 is 8.42 Å². The number of aromatic nitrogens is 2. The van der Waals surface area contributed by atoms with Crippen LogP contribution in [0.1, 0.15) is 19.4 Å². The van der Waals surface area contributed by atoms with Crippen molar-refractivity contribution in [3.05, 3.63) is 18.0 Å². The van der Waals surface area contributed by atoms with E-state index in [4.69, 9.17) is 0 Å². The van der Waals surface area contributed by atoms with E-state index in [0.29, 0.717) is 38.2 Å². The second kappa shape index (κ2) is 6.67. The largest absolute Gasteiger partial charge is 0.338 e. The zero-order chi connectivity index (χ0) is 15.5. The molecule has 21 heavy (non-hydrogen) atoms. The van der Waals surface area contributed by atoms with E-state index in [1.54, 1.807) is 0 Å². The highest BCUT2D eigenvalue weighted by Gasteiger charge is 2.24. The van der Waals surface area contributed by atoms with Gasteiger partial charge in [0.1, 0.15) is 0 Å². The van der Waals surface area contributed by atoms with Crippen LogP contribution in [0.15, 0.2) is 12.4 Å². The summed E-state index contributed by atoms with van der Waals surface area (Å²) in [5.74, 6) is 0.663. The van der Waals surface area contributed by atoms with Gasteiger partial charge in [-0.2, -0.15) is 4.31 Å². The van der Waals surface area contributed by atoms with Gasteiger partial charge in [-0.15, -0.1) is 0 Å². The van der Waals surface area contributed by atoms with Crippen LogP contribution in [0.5, 0.6) is 0 Å². The maximum atomic E-state index is 11.5. The summed E-state index contributed by atoms with van der Waals surface area (Å²) in [5.41, 5.74) is 1.04.